The number of halogens is 2. The van der Waals surface area contributed by atoms with E-state index in [1.165, 1.54) is 4.57 Å². The normalized spacial score (nSPS) is 14.5. The molecule has 0 saturated carbocycles. The average Bonchev–Trinajstić information content (AvgIpc) is 2.88. The van der Waals surface area contributed by atoms with Crippen LogP contribution in [0, 0.1) is 0 Å². The lowest BCUT2D eigenvalue weighted by Gasteiger charge is -2.34. The molecule has 3 heterocycles. The molecular formula is C26H27BrClN5O4. The van der Waals surface area contributed by atoms with Crippen molar-refractivity contribution < 1.29 is 9.47 Å². The summed E-state index contributed by atoms with van der Waals surface area (Å²) in [6.07, 6.45) is 1.21. The number of aryl methyl sites for hydroxylation is 1. The maximum absolute atomic E-state index is 13.4. The summed E-state index contributed by atoms with van der Waals surface area (Å²) in [4.78, 5) is 37.6. The number of rotatable bonds is 6. The predicted molar refractivity (Wildman–Crippen MR) is 149 cm³/mol. The van der Waals surface area contributed by atoms with Crippen molar-refractivity contribution in [2.45, 2.75) is 32.7 Å². The Hall–Kier alpha value is -3.11. The minimum atomic E-state index is -0.307. The fourth-order valence-electron chi connectivity index (χ4n) is 4.98. The van der Waals surface area contributed by atoms with E-state index in [4.69, 9.17) is 21.1 Å². The van der Waals surface area contributed by atoms with Gasteiger partial charge >= 0.3 is 5.69 Å². The first-order valence-corrected chi connectivity index (χ1v) is 13.4. The summed E-state index contributed by atoms with van der Waals surface area (Å²) in [6.45, 7) is 6.01. The maximum atomic E-state index is 13.4. The zero-order chi connectivity index (χ0) is 26.3. The molecule has 194 valence electrons. The van der Waals surface area contributed by atoms with Crippen molar-refractivity contribution in [1.82, 2.24) is 19.1 Å². The molecule has 0 aliphatic carbocycles. The molecule has 0 radical (unpaired) electrons. The Kier molecular flexibility index (Phi) is 7.13. The van der Waals surface area contributed by atoms with Crippen LogP contribution in [0.25, 0.3) is 21.8 Å². The van der Waals surface area contributed by atoms with Crippen molar-refractivity contribution in [2.24, 2.45) is 7.05 Å². The van der Waals surface area contributed by atoms with E-state index >= 15 is 0 Å². The van der Waals surface area contributed by atoms with Gasteiger partial charge in [-0.2, -0.15) is 4.98 Å². The molecule has 0 N–H and O–H groups in total. The quantitative estimate of drug-likeness (QED) is 0.302. The molecule has 37 heavy (non-hydrogen) atoms. The van der Waals surface area contributed by atoms with E-state index < -0.39 is 0 Å². The number of anilines is 1. The molecule has 4 aromatic rings. The van der Waals surface area contributed by atoms with Crippen LogP contribution >= 0.6 is 27.5 Å². The summed E-state index contributed by atoms with van der Waals surface area (Å²) in [5.41, 5.74) is 0.705. The van der Waals surface area contributed by atoms with Gasteiger partial charge in [0, 0.05) is 42.1 Å². The number of hydrogen-bond donors (Lipinski definition) is 0. The van der Waals surface area contributed by atoms with E-state index in [9.17, 15) is 9.59 Å². The van der Waals surface area contributed by atoms with Gasteiger partial charge in [-0.1, -0.05) is 15.9 Å². The van der Waals surface area contributed by atoms with Crippen LogP contribution in [-0.4, -0.2) is 45.4 Å². The first-order chi connectivity index (χ1) is 17.8. The van der Waals surface area contributed by atoms with E-state index in [2.05, 4.69) is 30.8 Å². The number of benzene rings is 2. The lowest BCUT2D eigenvalue weighted by Crippen LogP contribution is -2.45. The Labute approximate surface area is 226 Å². The zero-order valence-corrected chi connectivity index (χ0v) is 23.2. The molecule has 2 aromatic carbocycles. The van der Waals surface area contributed by atoms with Crippen LogP contribution < -0.4 is 25.6 Å². The van der Waals surface area contributed by atoms with Crippen molar-refractivity contribution in [3.8, 4) is 11.5 Å². The zero-order valence-electron chi connectivity index (χ0n) is 20.8. The Bertz CT molecular complexity index is 1610. The highest BCUT2D eigenvalue weighted by molar-refractivity contribution is 9.10. The lowest BCUT2D eigenvalue weighted by atomic mass is 10.0. The molecule has 5 rings (SSSR count). The highest BCUT2D eigenvalue weighted by atomic mass is 79.9. The van der Waals surface area contributed by atoms with E-state index in [1.807, 2.05) is 32.0 Å². The summed E-state index contributed by atoms with van der Waals surface area (Å²) in [6, 6.07) is 8.87. The van der Waals surface area contributed by atoms with Crippen LogP contribution in [0.4, 0.5) is 5.82 Å². The van der Waals surface area contributed by atoms with Gasteiger partial charge in [0.2, 0.25) is 5.28 Å². The van der Waals surface area contributed by atoms with Crippen LogP contribution in [0.1, 0.15) is 32.7 Å². The summed E-state index contributed by atoms with van der Waals surface area (Å²) >= 11 is 9.75. The third-order valence-corrected chi connectivity index (χ3v) is 7.37. The van der Waals surface area contributed by atoms with Crippen LogP contribution in [0.15, 0.2) is 44.4 Å². The molecule has 9 nitrogen and oxygen atoms in total. The summed E-state index contributed by atoms with van der Waals surface area (Å²) in [5.74, 6) is 1.92. The summed E-state index contributed by atoms with van der Waals surface area (Å²) in [5, 5.41) is 1.46. The second-order valence-electron chi connectivity index (χ2n) is 8.89. The maximum Gasteiger partial charge on any atom is 0.331 e. The summed E-state index contributed by atoms with van der Waals surface area (Å²) < 4.78 is 15.3. The van der Waals surface area contributed by atoms with E-state index in [-0.39, 0.29) is 22.6 Å². The topological polar surface area (TPSA) is 91.5 Å². The lowest BCUT2D eigenvalue weighted by molar-refractivity contribution is 0.288. The van der Waals surface area contributed by atoms with Crippen molar-refractivity contribution in [2.75, 3.05) is 31.2 Å². The van der Waals surface area contributed by atoms with Crippen molar-refractivity contribution in [1.29, 1.82) is 0 Å². The number of ether oxygens (including phenoxy) is 2. The van der Waals surface area contributed by atoms with Crippen molar-refractivity contribution >= 4 is 55.2 Å². The fraction of sp³-hybridized carbons (Fsp3) is 0.385. The van der Waals surface area contributed by atoms with Gasteiger partial charge in [-0.05, 0) is 62.6 Å². The molecule has 1 fully saturated rings. The van der Waals surface area contributed by atoms with Crippen LogP contribution in [-0.2, 0) is 7.05 Å². The number of nitrogens with zero attached hydrogens (tertiary/aromatic N) is 5. The number of piperidine rings is 1. The van der Waals surface area contributed by atoms with Gasteiger partial charge < -0.3 is 14.4 Å². The van der Waals surface area contributed by atoms with Gasteiger partial charge in [-0.3, -0.25) is 13.9 Å². The Morgan fingerprint density at radius 1 is 1.00 bits per heavy atom. The molecule has 0 spiro atoms. The minimum Gasteiger partial charge on any atom is -0.490 e. The largest absolute Gasteiger partial charge is 0.490 e. The van der Waals surface area contributed by atoms with E-state index in [1.54, 1.807) is 23.7 Å². The Morgan fingerprint density at radius 3 is 2.35 bits per heavy atom. The molecule has 1 aliphatic heterocycles. The molecule has 0 unspecified atom stereocenters. The van der Waals surface area contributed by atoms with Crippen molar-refractivity contribution in [3.63, 3.8) is 0 Å². The minimum absolute atomic E-state index is 0.140. The van der Waals surface area contributed by atoms with Crippen LogP contribution in [0.5, 0.6) is 11.5 Å². The number of fused-ring (bicyclic) bond motifs is 2. The molecule has 0 atom stereocenters. The molecule has 0 bridgehead atoms. The molecule has 1 saturated heterocycles. The van der Waals surface area contributed by atoms with Gasteiger partial charge in [0.1, 0.15) is 5.82 Å². The molecular weight excluding hydrogens is 562 g/mol. The van der Waals surface area contributed by atoms with Crippen molar-refractivity contribution in [3.05, 3.63) is 60.9 Å². The predicted octanol–water partition coefficient (Wildman–Crippen LogP) is 4.70. The van der Waals surface area contributed by atoms with Gasteiger partial charge in [0.25, 0.3) is 5.56 Å². The molecule has 11 heteroatoms. The second-order valence-corrected chi connectivity index (χ2v) is 10.1. The highest BCUT2D eigenvalue weighted by Crippen LogP contribution is 2.37. The summed E-state index contributed by atoms with van der Waals surface area (Å²) in [7, 11) is 1.70. The number of aromatic nitrogens is 4. The monoisotopic (exact) mass is 587 g/mol. The first kappa shape index (κ1) is 25.5. The second kappa shape index (κ2) is 10.3. The fourth-order valence-corrected chi connectivity index (χ4v) is 5.51. The standard InChI is InChI=1S/C26H27BrClN5O4/c1-4-36-21-13-17-19(14-22(21)37-5-2)29-25(28)30-23(17)32-10-8-16(9-11-32)33-24(34)18-12-15(27)6-7-20(18)31(3)26(33)35/h6-7,12-14,16H,4-5,8-11H2,1-3H3. The van der Waals surface area contributed by atoms with Crippen LogP contribution in [0.2, 0.25) is 5.28 Å². The van der Waals surface area contributed by atoms with Gasteiger partial charge in [0.05, 0.1) is 29.6 Å². The van der Waals surface area contributed by atoms with Gasteiger partial charge in [-0.15, -0.1) is 0 Å². The van der Waals surface area contributed by atoms with E-state index in [0.29, 0.717) is 72.9 Å². The Morgan fingerprint density at radius 2 is 1.68 bits per heavy atom. The van der Waals surface area contributed by atoms with Gasteiger partial charge in [-0.25, -0.2) is 9.78 Å². The molecule has 2 aromatic heterocycles. The highest BCUT2D eigenvalue weighted by Gasteiger charge is 2.27. The third kappa shape index (κ3) is 4.68. The first-order valence-electron chi connectivity index (χ1n) is 12.2. The number of hydrogen-bond acceptors (Lipinski definition) is 7. The average molecular weight is 589 g/mol. The van der Waals surface area contributed by atoms with Crippen LogP contribution in [0.3, 0.4) is 0 Å². The smallest absolute Gasteiger partial charge is 0.331 e. The third-order valence-electron chi connectivity index (χ3n) is 6.70. The molecule has 1 aliphatic rings. The molecule has 0 amide bonds. The van der Waals surface area contributed by atoms with E-state index in [0.717, 1.165) is 9.86 Å². The Balaban J connectivity index is 1.50. The van der Waals surface area contributed by atoms with Gasteiger partial charge in [0.15, 0.2) is 11.5 Å². The SMILES string of the molecule is CCOc1cc2nc(Cl)nc(N3CCC(n4c(=O)c5cc(Br)ccc5n(C)c4=O)CC3)c2cc1OCC.